The second-order valence-electron chi connectivity index (χ2n) is 4.67. The largest absolute Gasteiger partial charge is 0.394 e. The van der Waals surface area contributed by atoms with Crippen LogP contribution in [0.5, 0.6) is 0 Å². The average Bonchev–Trinajstić information content (AvgIpc) is 2.37. The zero-order valence-electron chi connectivity index (χ0n) is 10.6. The quantitative estimate of drug-likeness (QED) is 0.643. The van der Waals surface area contributed by atoms with E-state index >= 15 is 0 Å². The molecule has 0 saturated carbocycles. The van der Waals surface area contributed by atoms with Crippen molar-refractivity contribution in [1.29, 1.82) is 0 Å². The SMILES string of the molecule is CCC(CC)(CO)NC(=O)C1CCC(=O)NC1. The molecule has 0 aromatic rings. The highest BCUT2D eigenvalue weighted by molar-refractivity contribution is 5.84. The number of rotatable bonds is 5. The lowest BCUT2D eigenvalue weighted by molar-refractivity contribution is -0.130. The Morgan fingerprint density at radius 2 is 2.18 bits per heavy atom. The van der Waals surface area contributed by atoms with E-state index < -0.39 is 5.54 Å². The van der Waals surface area contributed by atoms with Gasteiger partial charge in [0.15, 0.2) is 0 Å². The van der Waals surface area contributed by atoms with E-state index in [1.165, 1.54) is 0 Å². The van der Waals surface area contributed by atoms with Crippen molar-refractivity contribution >= 4 is 11.8 Å². The first-order valence-electron chi connectivity index (χ1n) is 6.26. The summed E-state index contributed by atoms with van der Waals surface area (Å²) in [5.41, 5.74) is -0.515. The van der Waals surface area contributed by atoms with Gasteiger partial charge in [0.25, 0.3) is 0 Å². The van der Waals surface area contributed by atoms with Gasteiger partial charge in [-0.25, -0.2) is 0 Å². The minimum absolute atomic E-state index is 0.00783. The van der Waals surface area contributed by atoms with Gasteiger partial charge in [-0.05, 0) is 19.3 Å². The van der Waals surface area contributed by atoms with E-state index in [0.29, 0.717) is 32.2 Å². The van der Waals surface area contributed by atoms with Crippen LogP contribution < -0.4 is 10.6 Å². The van der Waals surface area contributed by atoms with Crippen LogP contribution in [0.1, 0.15) is 39.5 Å². The Morgan fingerprint density at radius 1 is 1.53 bits per heavy atom. The van der Waals surface area contributed by atoms with Crippen molar-refractivity contribution in [1.82, 2.24) is 10.6 Å². The van der Waals surface area contributed by atoms with Gasteiger partial charge in [0, 0.05) is 13.0 Å². The topological polar surface area (TPSA) is 78.4 Å². The number of hydrogen-bond acceptors (Lipinski definition) is 3. The molecule has 1 rings (SSSR count). The first-order valence-corrected chi connectivity index (χ1v) is 6.26. The summed E-state index contributed by atoms with van der Waals surface area (Å²) in [6.45, 7) is 4.25. The summed E-state index contributed by atoms with van der Waals surface area (Å²) in [5, 5.41) is 15.0. The van der Waals surface area contributed by atoms with Gasteiger partial charge >= 0.3 is 0 Å². The molecule has 0 aliphatic carbocycles. The lowest BCUT2D eigenvalue weighted by Gasteiger charge is -2.33. The molecule has 1 heterocycles. The molecule has 5 heteroatoms. The van der Waals surface area contributed by atoms with Gasteiger partial charge in [-0.3, -0.25) is 9.59 Å². The summed E-state index contributed by atoms with van der Waals surface area (Å²) in [4.78, 5) is 23.0. The highest BCUT2D eigenvalue weighted by atomic mass is 16.3. The van der Waals surface area contributed by atoms with Crippen LogP contribution in [0.3, 0.4) is 0 Å². The summed E-state index contributed by atoms with van der Waals surface area (Å²) in [7, 11) is 0. The first-order chi connectivity index (χ1) is 8.06. The molecule has 3 N–H and O–H groups in total. The van der Waals surface area contributed by atoms with Crippen molar-refractivity contribution in [2.75, 3.05) is 13.2 Å². The summed E-state index contributed by atoms with van der Waals surface area (Å²) in [6.07, 6.45) is 2.39. The highest BCUT2D eigenvalue weighted by Crippen LogP contribution is 2.17. The Kier molecular flexibility index (Phi) is 4.93. The third-order valence-electron chi connectivity index (χ3n) is 3.68. The van der Waals surface area contributed by atoms with Crippen molar-refractivity contribution < 1.29 is 14.7 Å². The molecule has 0 bridgehead atoms. The van der Waals surface area contributed by atoms with E-state index in [-0.39, 0.29) is 24.3 Å². The molecule has 1 atom stereocenters. The Hall–Kier alpha value is -1.10. The minimum atomic E-state index is -0.515. The summed E-state index contributed by atoms with van der Waals surface area (Å²) in [5.74, 6) is -0.229. The van der Waals surface area contributed by atoms with Gasteiger partial charge in [0.1, 0.15) is 0 Å². The van der Waals surface area contributed by atoms with Gasteiger partial charge in [0.2, 0.25) is 11.8 Å². The third-order valence-corrected chi connectivity index (χ3v) is 3.68. The fraction of sp³-hybridized carbons (Fsp3) is 0.833. The molecular weight excluding hydrogens is 220 g/mol. The molecule has 1 unspecified atom stereocenters. The van der Waals surface area contributed by atoms with Crippen LogP contribution in [0.4, 0.5) is 0 Å². The molecule has 0 spiro atoms. The molecule has 5 nitrogen and oxygen atoms in total. The molecule has 98 valence electrons. The van der Waals surface area contributed by atoms with Crippen LogP contribution in [0.25, 0.3) is 0 Å². The number of nitrogens with one attached hydrogen (secondary N) is 2. The van der Waals surface area contributed by atoms with E-state index in [0.717, 1.165) is 0 Å². The smallest absolute Gasteiger partial charge is 0.225 e. The number of aliphatic hydroxyl groups is 1. The molecule has 17 heavy (non-hydrogen) atoms. The second kappa shape index (κ2) is 6.00. The number of carbonyl (C=O) groups is 2. The van der Waals surface area contributed by atoms with Crippen molar-refractivity contribution in [3.8, 4) is 0 Å². The second-order valence-corrected chi connectivity index (χ2v) is 4.67. The molecule has 1 aliphatic heterocycles. The van der Waals surface area contributed by atoms with E-state index in [2.05, 4.69) is 10.6 Å². The predicted molar refractivity (Wildman–Crippen MR) is 64.3 cm³/mol. The van der Waals surface area contributed by atoms with E-state index in [1.807, 2.05) is 13.8 Å². The number of carbonyl (C=O) groups excluding carboxylic acids is 2. The van der Waals surface area contributed by atoms with Crippen LogP contribution in [-0.2, 0) is 9.59 Å². The molecular formula is C12H22N2O3. The first kappa shape index (κ1) is 14.0. The van der Waals surface area contributed by atoms with Crippen LogP contribution in [-0.4, -0.2) is 35.6 Å². The Bertz CT molecular complexity index is 269. The zero-order valence-corrected chi connectivity index (χ0v) is 10.6. The summed E-state index contributed by atoms with van der Waals surface area (Å²) < 4.78 is 0. The monoisotopic (exact) mass is 242 g/mol. The maximum Gasteiger partial charge on any atom is 0.225 e. The van der Waals surface area contributed by atoms with Gasteiger partial charge < -0.3 is 15.7 Å². The van der Waals surface area contributed by atoms with E-state index in [4.69, 9.17) is 0 Å². The molecule has 0 radical (unpaired) electrons. The fourth-order valence-electron chi connectivity index (χ4n) is 2.01. The van der Waals surface area contributed by atoms with Crippen molar-refractivity contribution in [3.05, 3.63) is 0 Å². The maximum atomic E-state index is 12.0. The normalized spacial score (nSPS) is 20.9. The number of hydrogen-bond donors (Lipinski definition) is 3. The van der Waals surface area contributed by atoms with Crippen LogP contribution in [0.2, 0.25) is 0 Å². The Labute approximate surface area is 102 Å². The van der Waals surface area contributed by atoms with Crippen molar-refractivity contribution in [2.45, 2.75) is 45.1 Å². The summed E-state index contributed by atoms with van der Waals surface area (Å²) >= 11 is 0. The van der Waals surface area contributed by atoms with Crippen LogP contribution in [0, 0.1) is 5.92 Å². The molecule has 0 aromatic carbocycles. The molecule has 1 fully saturated rings. The summed E-state index contributed by atoms with van der Waals surface area (Å²) in [6, 6.07) is 0. The number of piperidine rings is 1. The molecule has 1 aliphatic rings. The lowest BCUT2D eigenvalue weighted by Crippen LogP contribution is -2.54. The number of aliphatic hydroxyl groups excluding tert-OH is 1. The predicted octanol–water partition coefficient (Wildman–Crippen LogP) is 0.180. The zero-order chi connectivity index (χ0) is 12.9. The molecule has 1 saturated heterocycles. The van der Waals surface area contributed by atoms with Crippen molar-refractivity contribution in [2.24, 2.45) is 5.92 Å². The van der Waals surface area contributed by atoms with Gasteiger partial charge in [-0.2, -0.15) is 0 Å². The van der Waals surface area contributed by atoms with E-state index in [1.54, 1.807) is 0 Å². The van der Waals surface area contributed by atoms with Crippen molar-refractivity contribution in [3.63, 3.8) is 0 Å². The van der Waals surface area contributed by atoms with Gasteiger partial charge in [-0.1, -0.05) is 13.8 Å². The average molecular weight is 242 g/mol. The molecule has 0 aromatic heterocycles. The van der Waals surface area contributed by atoms with Crippen LogP contribution >= 0.6 is 0 Å². The molecule has 2 amide bonds. The Balaban J connectivity index is 2.55. The fourth-order valence-corrected chi connectivity index (χ4v) is 2.01. The standard InChI is InChI=1S/C12H22N2O3/c1-3-12(4-2,8-15)14-11(17)9-5-6-10(16)13-7-9/h9,15H,3-8H2,1-2H3,(H,13,16)(H,14,17). The number of amides is 2. The minimum Gasteiger partial charge on any atom is -0.394 e. The lowest BCUT2D eigenvalue weighted by atomic mass is 9.91. The van der Waals surface area contributed by atoms with Gasteiger partial charge in [0.05, 0.1) is 18.1 Å². The Morgan fingerprint density at radius 3 is 2.59 bits per heavy atom. The third kappa shape index (κ3) is 3.43. The van der Waals surface area contributed by atoms with E-state index in [9.17, 15) is 14.7 Å². The maximum absolute atomic E-state index is 12.0. The van der Waals surface area contributed by atoms with Gasteiger partial charge in [-0.15, -0.1) is 0 Å². The highest BCUT2D eigenvalue weighted by Gasteiger charge is 2.31. The van der Waals surface area contributed by atoms with Crippen LogP contribution in [0.15, 0.2) is 0 Å².